The lowest BCUT2D eigenvalue weighted by Gasteiger charge is -1.99. The Bertz CT molecular complexity index is 455. The van der Waals surface area contributed by atoms with Gasteiger partial charge in [-0.05, 0) is 12.1 Å². The third-order valence-corrected chi connectivity index (χ3v) is 1.87. The fourth-order valence-electron chi connectivity index (χ4n) is 1.16. The van der Waals surface area contributed by atoms with E-state index in [2.05, 4.69) is 4.98 Å². The zero-order valence-electron chi connectivity index (χ0n) is 7.27. The Morgan fingerprint density at radius 1 is 1.57 bits per heavy atom. The summed E-state index contributed by atoms with van der Waals surface area (Å²) in [6.45, 7) is 0.0231. The molecular weight excluding hydrogens is 187 g/mol. The van der Waals surface area contributed by atoms with Crippen LogP contribution < -0.4 is 5.73 Å². The summed E-state index contributed by atoms with van der Waals surface area (Å²) < 4.78 is 17.9. The SMILES string of the molecule is NCC(O)c1nc2cc(F)ccc2o1. The lowest BCUT2D eigenvalue weighted by atomic mass is 10.3. The van der Waals surface area contributed by atoms with E-state index in [1.807, 2.05) is 0 Å². The smallest absolute Gasteiger partial charge is 0.225 e. The van der Waals surface area contributed by atoms with E-state index in [1.54, 1.807) is 0 Å². The van der Waals surface area contributed by atoms with Crippen molar-refractivity contribution in [2.45, 2.75) is 6.10 Å². The molecule has 0 saturated heterocycles. The van der Waals surface area contributed by atoms with Gasteiger partial charge in [-0.3, -0.25) is 0 Å². The number of hydrogen-bond acceptors (Lipinski definition) is 4. The molecule has 1 atom stereocenters. The molecular formula is C9H9FN2O2. The van der Waals surface area contributed by atoms with Crippen LogP contribution in [0, 0.1) is 5.82 Å². The summed E-state index contributed by atoms with van der Waals surface area (Å²) in [5.74, 6) is -0.271. The molecule has 4 nitrogen and oxygen atoms in total. The molecule has 1 unspecified atom stereocenters. The number of oxazole rings is 1. The van der Waals surface area contributed by atoms with Crippen LogP contribution in [0.2, 0.25) is 0 Å². The van der Waals surface area contributed by atoms with E-state index in [0.717, 1.165) is 0 Å². The maximum atomic E-state index is 12.8. The molecule has 2 aromatic rings. The zero-order valence-corrected chi connectivity index (χ0v) is 7.27. The largest absolute Gasteiger partial charge is 0.438 e. The van der Waals surface area contributed by atoms with E-state index >= 15 is 0 Å². The van der Waals surface area contributed by atoms with E-state index < -0.39 is 6.10 Å². The topological polar surface area (TPSA) is 72.3 Å². The first kappa shape index (κ1) is 9.11. The molecule has 1 aromatic carbocycles. The van der Waals surface area contributed by atoms with Gasteiger partial charge in [0.1, 0.15) is 17.4 Å². The van der Waals surface area contributed by atoms with E-state index in [0.29, 0.717) is 11.1 Å². The van der Waals surface area contributed by atoms with Crippen LogP contribution in [-0.4, -0.2) is 16.6 Å². The number of benzene rings is 1. The first-order valence-corrected chi connectivity index (χ1v) is 4.15. The zero-order chi connectivity index (χ0) is 10.1. The third kappa shape index (κ3) is 1.47. The summed E-state index contributed by atoms with van der Waals surface area (Å²) in [6, 6.07) is 3.97. The van der Waals surface area contributed by atoms with Gasteiger partial charge in [-0.25, -0.2) is 9.37 Å². The van der Waals surface area contributed by atoms with Gasteiger partial charge in [-0.2, -0.15) is 0 Å². The van der Waals surface area contributed by atoms with Gasteiger partial charge < -0.3 is 15.3 Å². The Balaban J connectivity index is 2.51. The molecule has 0 bridgehead atoms. The van der Waals surface area contributed by atoms with Crippen molar-refractivity contribution < 1.29 is 13.9 Å². The minimum absolute atomic E-state index is 0.0231. The van der Waals surface area contributed by atoms with Gasteiger partial charge in [0.2, 0.25) is 5.89 Å². The third-order valence-electron chi connectivity index (χ3n) is 1.87. The number of aliphatic hydroxyl groups excluding tert-OH is 1. The van der Waals surface area contributed by atoms with Crippen LogP contribution in [0.3, 0.4) is 0 Å². The highest BCUT2D eigenvalue weighted by molar-refractivity contribution is 5.72. The highest BCUT2D eigenvalue weighted by Gasteiger charge is 2.13. The number of nitrogens with zero attached hydrogens (tertiary/aromatic N) is 1. The number of aliphatic hydroxyl groups is 1. The van der Waals surface area contributed by atoms with Crippen LogP contribution >= 0.6 is 0 Å². The van der Waals surface area contributed by atoms with E-state index in [-0.39, 0.29) is 18.3 Å². The predicted octanol–water partition coefficient (Wildman–Crippen LogP) is 0.959. The summed E-state index contributed by atoms with van der Waals surface area (Å²) in [6.07, 6.45) is -0.939. The quantitative estimate of drug-likeness (QED) is 0.750. The van der Waals surface area contributed by atoms with Gasteiger partial charge in [0.15, 0.2) is 5.58 Å². The Hall–Kier alpha value is -1.46. The van der Waals surface area contributed by atoms with Crippen LogP contribution in [0.25, 0.3) is 11.1 Å². The van der Waals surface area contributed by atoms with Crippen LogP contribution in [-0.2, 0) is 0 Å². The van der Waals surface area contributed by atoms with Gasteiger partial charge in [-0.1, -0.05) is 0 Å². The van der Waals surface area contributed by atoms with Crippen molar-refractivity contribution in [3.63, 3.8) is 0 Å². The Labute approximate surface area is 79.2 Å². The van der Waals surface area contributed by atoms with Crippen molar-refractivity contribution in [3.8, 4) is 0 Å². The molecule has 0 aliphatic rings. The standard InChI is InChI=1S/C9H9FN2O2/c10-5-1-2-8-6(3-5)12-9(14-8)7(13)4-11/h1-3,7,13H,4,11H2. The molecule has 74 valence electrons. The van der Waals surface area contributed by atoms with E-state index in [4.69, 9.17) is 10.2 Å². The lowest BCUT2D eigenvalue weighted by molar-refractivity contribution is 0.154. The molecule has 3 N–H and O–H groups in total. The summed E-state index contributed by atoms with van der Waals surface area (Å²) in [7, 11) is 0. The first-order chi connectivity index (χ1) is 6.70. The number of nitrogens with two attached hydrogens (primary N) is 1. The fourth-order valence-corrected chi connectivity index (χ4v) is 1.16. The number of rotatable bonds is 2. The highest BCUT2D eigenvalue weighted by atomic mass is 19.1. The minimum atomic E-state index is -0.939. The minimum Gasteiger partial charge on any atom is -0.438 e. The summed E-state index contributed by atoms with van der Waals surface area (Å²) in [5.41, 5.74) is 6.05. The molecule has 0 fully saturated rings. The van der Waals surface area contributed by atoms with E-state index in [9.17, 15) is 9.50 Å². The monoisotopic (exact) mass is 196 g/mol. The molecule has 1 aromatic heterocycles. The average Bonchev–Trinajstić information content (AvgIpc) is 2.59. The van der Waals surface area contributed by atoms with Crippen molar-refractivity contribution in [3.05, 3.63) is 29.9 Å². The lowest BCUT2D eigenvalue weighted by Crippen LogP contribution is -2.11. The Morgan fingerprint density at radius 2 is 2.36 bits per heavy atom. The Kier molecular flexibility index (Phi) is 2.18. The molecule has 1 heterocycles. The molecule has 0 aliphatic carbocycles. The number of fused-ring (bicyclic) bond motifs is 1. The maximum absolute atomic E-state index is 12.8. The van der Waals surface area contributed by atoms with Crippen LogP contribution in [0.5, 0.6) is 0 Å². The molecule has 0 saturated carbocycles. The van der Waals surface area contributed by atoms with Crippen LogP contribution in [0.1, 0.15) is 12.0 Å². The molecule has 14 heavy (non-hydrogen) atoms. The second kappa shape index (κ2) is 3.36. The molecule has 0 spiro atoms. The normalized spacial score (nSPS) is 13.4. The summed E-state index contributed by atoms with van der Waals surface area (Å²) in [4.78, 5) is 3.91. The molecule has 0 radical (unpaired) electrons. The second-order valence-corrected chi connectivity index (χ2v) is 2.92. The number of aromatic nitrogens is 1. The second-order valence-electron chi connectivity index (χ2n) is 2.92. The Morgan fingerprint density at radius 3 is 3.07 bits per heavy atom. The number of hydrogen-bond donors (Lipinski definition) is 2. The van der Waals surface area contributed by atoms with Crippen LogP contribution in [0.4, 0.5) is 4.39 Å². The summed E-state index contributed by atoms with van der Waals surface area (Å²) in [5, 5.41) is 9.32. The van der Waals surface area contributed by atoms with Crippen molar-refractivity contribution in [2.24, 2.45) is 5.73 Å². The van der Waals surface area contributed by atoms with Crippen LogP contribution in [0.15, 0.2) is 22.6 Å². The fraction of sp³-hybridized carbons (Fsp3) is 0.222. The molecule has 2 rings (SSSR count). The molecule has 0 aliphatic heterocycles. The van der Waals surface area contributed by atoms with Crippen molar-refractivity contribution in [1.29, 1.82) is 0 Å². The van der Waals surface area contributed by atoms with Gasteiger partial charge >= 0.3 is 0 Å². The average molecular weight is 196 g/mol. The molecule has 5 heteroatoms. The van der Waals surface area contributed by atoms with Crippen molar-refractivity contribution >= 4 is 11.1 Å². The van der Waals surface area contributed by atoms with Gasteiger partial charge in [0.05, 0.1) is 0 Å². The summed E-state index contributed by atoms with van der Waals surface area (Å²) >= 11 is 0. The van der Waals surface area contributed by atoms with E-state index in [1.165, 1.54) is 18.2 Å². The molecule has 0 amide bonds. The van der Waals surface area contributed by atoms with Gasteiger partial charge in [-0.15, -0.1) is 0 Å². The van der Waals surface area contributed by atoms with Crippen molar-refractivity contribution in [2.75, 3.05) is 6.54 Å². The number of halogens is 1. The van der Waals surface area contributed by atoms with Gasteiger partial charge in [0, 0.05) is 12.6 Å². The van der Waals surface area contributed by atoms with Crippen molar-refractivity contribution in [1.82, 2.24) is 4.98 Å². The highest BCUT2D eigenvalue weighted by Crippen LogP contribution is 2.20. The maximum Gasteiger partial charge on any atom is 0.225 e. The predicted molar refractivity (Wildman–Crippen MR) is 48.0 cm³/mol. The van der Waals surface area contributed by atoms with Gasteiger partial charge in [0.25, 0.3) is 0 Å². The first-order valence-electron chi connectivity index (χ1n) is 4.15.